The normalized spacial score (nSPS) is 29.2. The Labute approximate surface area is 130 Å². The van der Waals surface area contributed by atoms with Crippen LogP contribution in [0.25, 0.3) is 0 Å². The Hall–Kier alpha value is -0.0500. The van der Waals surface area contributed by atoms with Crippen LogP contribution in [0.1, 0.15) is 44.7 Å². The van der Waals surface area contributed by atoms with E-state index in [9.17, 15) is 0 Å². The molecular weight excluding hydrogens is 322 g/mol. The summed E-state index contributed by atoms with van der Waals surface area (Å²) in [7, 11) is 2.07. The van der Waals surface area contributed by atoms with Gasteiger partial charge in [0.05, 0.1) is 5.02 Å². The predicted molar refractivity (Wildman–Crippen MR) is 86.6 cm³/mol. The summed E-state index contributed by atoms with van der Waals surface area (Å²) >= 11 is 9.62. The Morgan fingerprint density at radius 1 is 1.26 bits per heavy atom. The van der Waals surface area contributed by atoms with Crippen molar-refractivity contribution in [2.24, 2.45) is 17.8 Å². The van der Waals surface area contributed by atoms with Crippen molar-refractivity contribution in [2.75, 3.05) is 7.05 Å². The average molecular weight is 345 g/mol. The Morgan fingerprint density at radius 2 is 2.00 bits per heavy atom. The van der Waals surface area contributed by atoms with Gasteiger partial charge in [-0.3, -0.25) is 0 Å². The second-order valence-corrected chi connectivity index (χ2v) is 7.23. The van der Waals surface area contributed by atoms with Gasteiger partial charge in [-0.1, -0.05) is 37.9 Å². The summed E-state index contributed by atoms with van der Waals surface area (Å²) in [5, 5.41) is 4.29. The SMILES string of the molecule is CNC(c1ccc(Cl)c(Br)c1)C1CCC(C)C(C)C1. The molecule has 1 nitrogen and oxygen atoms in total. The molecule has 0 amide bonds. The highest BCUT2D eigenvalue weighted by Gasteiger charge is 2.30. The monoisotopic (exact) mass is 343 g/mol. The van der Waals surface area contributed by atoms with Gasteiger partial charge in [0, 0.05) is 10.5 Å². The maximum absolute atomic E-state index is 6.09. The van der Waals surface area contributed by atoms with Crippen molar-refractivity contribution in [1.82, 2.24) is 5.32 Å². The first-order valence-electron chi connectivity index (χ1n) is 7.15. The number of hydrogen-bond donors (Lipinski definition) is 1. The molecule has 0 radical (unpaired) electrons. The van der Waals surface area contributed by atoms with Crippen LogP contribution >= 0.6 is 27.5 Å². The molecule has 1 aromatic rings. The smallest absolute Gasteiger partial charge is 0.0548 e. The molecule has 4 atom stereocenters. The number of nitrogens with one attached hydrogen (secondary N) is 1. The maximum atomic E-state index is 6.09. The van der Waals surface area contributed by atoms with E-state index < -0.39 is 0 Å². The van der Waals surface area contributed by atoms with Gasteiger partial charge in [-0.2, -0.15) is 0 Å². The maximum Gasteiger partial charge on any atom is 0.0548 e. The number of halogens is 2. The summed E-state index contributed by atoms with van der Waals surface area (Å²) in [4.78, 5) is 0. The molecule has 0 spiro atoms. The fraction of sp³-hybridized carbons (Fsp3) is 0.625. The van der Waals surface area contributed by atoms with Crippen LogP contribution in [-0.4, -0.2) is 7.05 Å². The lowest BCUT2D eigenvalue weighted by Gasteiger charge is -2.37. The van der Waals surface area contributed by atoms with Crippen LogP contribution in [0.15, 0.2) is 22.7 Å². The first kappa shape index (κ1) is 15.3. The van der Waals surface area contributed by atoms with E-state index in [1.807, 2.05) is 6.07 Å². The van der Waals surface area contributed by atoms with Crippen LogP contribution in [0, 0.1) is 17.8 Å². The van der Waals surface area contributed by atoms with Crippen molar-refractivity contribution in [1.29, 1.82) is 0 Å². The summed E-state index contributed by atoms with van der Waals surface area (Å²) in [5.74, 6) is 2.42. The van der Waals surface area contributed by atoms with E-state index in [0.717, 1.165) is 27.2 Å². The van der Waals surface area contributed by atoms with E-state index in [4.69, 9.17) is 11.6 Å². The predicted octanol–water partition coefficient (Wildman–Crippen LogP) is 5.44. The summed E-state index contributed by atoms with van der Waals surface area (Å²) in [6.45, 7) is 4.77. The average Bonchev–Trinajstić information content (AvgIpc) is 2.39. The summed E-state index contributed by atoms with van der Waals surface area (Å²) in [6.07, 6.45) is 3.98. The molecule has 1 aliphatic carbocycles. The van der Waals surface area contributed by atoms with Crippen LogP contribution in [0.4, 0.5) is 0 Å². The van der Waals surface area contributed by atoms with Gasteiger partial charge in [0.15, 0.2) is 0 Å². The van der Waals surface area contributed by atoms with Crippen molar-refractivity contribution < 1.29 is 0 Å². The lowest BCUT2D eigenvalue weighted by molar-refractivity contribution is 0.174. The number of hydrogen-bond acceptors (Lipinski definition) is 1. The molecule has 3 heteroatoms. The van der Waals surface area contributed by atoms with Gasteiger partial charge >= 0.3 is 0 Å². The third kappa shape index (κ3) is 3.53. The van der Waals surface area contributed by atoms with Crippen molar-refractivity contribution in [2.45, 2.75) is 39.2 Å². The van der Waals surface area contributed by atoms with Crippen molar-refractivity contribution >= 4 is 27.5 Å². The molecule has 1 aromatic carbocycles. The molecule has 0 bridgehead atoms. The molecule has 1 saturated carbocycles. The molecule has 0 aliphatic heterocycles. The third-order valence-electron chi connectivity index (χ3n) is 4.72. The van der Waals surface area contributed by atoms with E-state index in [0.29, 0.717) is 6.04 Å². The van der Waals surface area contributed by atoms with Gasteiger partial charge in [0.2, 0.25) is 0 Å². The molecule has 0 saturated heterocycles. The van der Waals surface area contributed by atoms with Crippen molar-refractivity contribution in [3.8, 4) is 0 Å². The van der Waals surface area contributed by atoms with Crippen LogP contribution in [0.5, 0.6) is 0 Å². The van der Waals surface area contributed by atoms with E-state index in [-0.39, 0.29) is 0 Å². The van der Waals surface area contributed by atoms with Crippen LogP contribution in [-0.2, 0) is 0 Å². The lowest BCUT2D eigenvalue weighted by atomic mass is 9.72. The molecule has 1 N–H and O–H groups in total. The molecule has 4 unspecified atom stereocenters. The van der Waals surface area contributed by atoms with Crippen LogP contribution in [0.3, 0.4) is 0 Å². The molecule has 19 heavy (non-hydrogen) atoms. The first-order valence-corrected chi connectivity index (χ1v) is 8.32. The largest absolute Gasteiger partial charge is 0.313 e. The van der Waals surface area contributed by atoms with Gasteiger partial charge in [0.25, 0.3) is 0 Å². The Bertz CT molecular complexity index is 435. The molecule has 106 valence electrons. The minimum Gasteiger partial charge on any atom is -0.313 e. The van der Waals surface area contributed by atoms with Gasteiger partial charge < -0.3 is 5.32 Å². The number of rotatable bonds is 3. The highest BCUT2D eigenvalue weighted by atomic mass is 79.9. The van der Waals surface area contributed by atoms with Gasteiger partial charge in [-0.25, -0.2) is 0 Å². The Balaban J connectivity index is 2.17. The minimum atomic E-state index is 0.434. The summed E-state index contributed by atoms with van der Waals surface area (Å²) in [5.41, 5.74) is 1.34. The molecule has 0 aromatic heterocycles. The fourth-order valence-corrected chi connectivity index (χ4v) is 3.79. The number of benzene rings is 1. The van der Waals surface area contributed by atoms with Crippen LogP contribution < -0.4 is 5.32 Å². The minimum absolute atomic E-state index is 0.434. The molecule has 1 aliphatic rings. The zero-order valence-corrected chi connectivity index (χ0v) is 14.3. The third-order valence-corrected chi connectivity index (χ3v) is 5.94. The van der Waals surface area contributed by atoms with Gasteiger partial charge in [-0.15, -0.1) is 0 Å². The quantitative estimate of drug-likeness (QED) is 0.770. The zero-order valence-electron chi connectivity index (χ0n) is 11.9. The first-order chi connectivity index (χ1) is 9.02. The van der Waals surface area contributed by atoms with E-state index in [1.54, 1.807) is 0 Å². The topological polar surface area (TPSA) is 12.0 Å². The molecule has 0 heterocycles. The highest BCUT2D eigenvalue weighted by Crippen LogP contribution is 2.40. The van der Waals surface area contributed by atoms with E-state index in [1.165, 1.54) is 24.8 Å². The second kappa shape index (κ2) is 6.60. The molecular formula is C16H23BrClN. The lowest BCUT2D eigenvalue weighted by Crippen LogP contribution is -2.31. The fourth-order valence-electron chi connectivity index (χ4n) is 3.27. The van der Waals surface area contributed by atoms with E-state index in [2.05, 4.69) is 54.3 Å². The second-order valence-electron chi connectivity index (χ2n) is 5.97. The van der Waals surface area contributed by atoms with Crippen LogP contribution in [0.2, 0.25) is 5.02 Å². The molecule has 2 rings (SSSR count). The summed E-state index contributed by atoms with van der Waals surface area (Å²) < 4.78 is 0.990. The van der Waals surface area contributed by atoms with Crippen molar-refractivity contribution in [3.05, 3.63) is 33.3 Å². The van der Waals surface area contributed by atoms with Gasteiger partial charge in [0.1, 0.15) is 0 Å². The molecule has 1 fully saturated rings. The van der Waals surface area contributed by atoms with Gasteiger partial charge in [-0.05, 0) is 71.3 Å². The highest BCUT2D eigenvalue weighted by molar-refractivity contribution is 9.10. The zero-order chi connectivity index (χ0) is 14.0. The summed E-state index contributed by atoms with van der Waals surface area (Å²) in [6, 6.07) is 6.73. The standard InChI is InChI=1S/C16H23BrClN/c1-10-4-5-12(8-11(10)2)16(19-3)13-6-7-15(18)14(17)9-13/h6-7,9-12,16,19H,4-5,8H2,1-3H3. The Kier molecular flexibility index (Phi) is 5.33. The Morgan fingerprint density at radius 3 is 2.58 bits per heavy atom. The van der Waals surface area contributed by atoms with Crippen molar-refractivity contribution in [3.63, 3.8) is 0 Å². The van der Waals surface area contributed by atoms with E-state index >= 15 is 0 Å².